The van der Waals surface area contributed by atoms with Gasteiger partial charge in [-0.05, 0) is 29.7 Å². The van der Waals surface area contributed by atoms with Gasteiger partial charge in [0.2, 0.25) is 0 Å². The molecule has 0 aromatic heterocycles. The van der Waals surface area contributed by atoms with E-state index >= 15 is 8.78 Å². The van der Waals surface area contributed by atoms with Crippen molar-refractivity contribution >= 4 is 19.5 Å². The lowest BCUT2D eigenvalue weighted by Crippen LogP contribution is -2.78. The second kappa shape index (κ2) is 16.7. The zero-order valence-electron chi connectivity index (χ0n) is 29.5. The number of benzene rings is 3. The van der Waals surface area contributed by atoms with Crippen molar-refractivity contribution in [1.29, 1.82) is 0 Å². The quantitative estimate of drug-likeness (QED) is 0.0445. The SMILES string of the molecule is CCCCOc1ccc(OC(=O)C(F)(F)C(F)(F)C(F)(F)C(F)(F)C(F)(F)C(F)(F)C(F)(F)C(F)(F)C(F)(F)C(F)(F)C(F)(F)F)c(-c2ccccc2)c1-c1ccccc1.[SH3+]. The number of esters is 1. The van der Waals surface area contributed by atoms with E-state index in [9.17, 15) is 97.0 Å². The number of halogens is 23. The Hall–Kier alpha value is -4.33. The van der Waals surface area contributed by atoms with Crippen LogP contribution in [0.1, 0.15) is 19.8 Å². The monoisotopic (exact) mass is 949 g/mol. The third-order valence-corrected chi connectivity index (χ3v) is 8.37. The van der Waals surface area contributed by atoms with Gasteiger partial charge in [0.05, 0.1) is 6.61 Å². The van der Waals surface area contributed by atoms with Gasteiger partial charge < -0.3 is 9.47 Å². The topological polar surface area (TPSA) is 35.5 Å². The highest BCUT2D eigenvalue weighted by Crippen LogP contribution is 2.67. The Bertz CT molecular complexity index is 1980. The number of carbonyl (C=O) groups is 1. The summed E-state index contributed by atoms with van der Waals surface area (Å²) in [7, 11) is 0. The average Bonchev–Trinajstić information content (AvgIpc) is 3.14. The smallest absolute Gasteiger partial charge is 0.460 e. The van der Waals surface area contributed by atoms with Gasteiger partial charge in [-0.3, -0.25) is 0 Å². The second-order valence-electron chi connectivity index (χ2n) is 12.4. The molecule has 0 aliphatic carbocycles. The van der Waals surface area contributed by atoms with Crippen LogP contribution in [0.5, 0.6) is 11.5 Å². The summed E-state index contributed by atoms with van der Waals surface area (Å²) in [6.07, 6.45) is -7.29. The molecule has 0 aliphatic rings. The first kappa shape index (κ1) is 52.8. The fourth-order valence-corrected chi connectivity index (χ4v) is 4.93. The van der Waals surface area contributed by atoms with Crippen LogP contribution in [0.3, 0.4) is 0 Å². The fraction of sp³-hybridized carbons (Fsp3) is 0.441. The Morgan fingerprint density at radius 2 is 0.754 bits per heavy atom. The highest BCUT2D eigenvalue weighted by molar-refractivity contribution is 7.37. The molecule has 0 amide bonds. The Labute approximate surface area is 333 Å². The minimum absolute atomic E-state index is 0. The summed E-state index contributed by atoms with van der Waals surface area (Å²) in [5.74, 6) is -96.1. The van der Waals surface area contributed by atoms with Crippen molar-refractivity contribution in [1.82, 2.24) is 0 Å². The van der Waals surface area contributed by atoms with Gasteiger partial charge in [-0.1, -0.05) is 87.5 Å². The van der Waals surface area contributed by atoms with Gasteiger partial charge in [-0.2, -0.15) is 101 Å². The number of ether oxygens (including phenoxy) is 2. The van der Waals surface area contributed by atoms with Crippen LogP contribution in [-0.4, -0.2) is 78.0 Å². The van der Waals surface area contributed by atoms with Crippen LogP contribution in [-0.2, 0) is 18.3 Å². The van der Waals surface area contributed by atoms with E-state index in [1.54, 1.807) is 6.92 Å². The maximum Gasteiger partial charge on any atom is 0.460 e. The van der Waals surface area contributed by atoms with E-state index in [-0.39, 0.29) is 42.5 Å². The largest absolute Gasteiger partial charge is 0.493 e. The van der Waals surface area contributed by atoms with Crippen molar-refractivity contribution in [3.05, 3.63) is 72.8 Å². The third kappa shape index (κ3) is 7.99. The minimum atomic E-state index is -9.56. The molecule has 0 unspecified atom stereocenters. The van der Waals surface area contributed by atoms with Crippen molar-refractivity contribution in [3.63, 3.8) is 0 Å². The molecule has 3 aromatic carbocycles. The lowest BCUT2D eigenvalue weighted by Gasteiger charge is -2.44. The Morgan fingerprint density at radius 3 is 1.10 bits per heavy atom. The van der Waals surface area contributed by atoms with E-state index in [1.165, 1.54) is 48.5 Å². The van der Waals surface area contributed by atoms with Gasteiger partial charge in [-0.25, -0.2) is 4.79 Å². The number of alkyl halides is 23. The van der Waals surface area contributed by atoms with Crippen molar-refractivity contribution in [2.24, 2.45) is 0 Å². The summed E-state index contributed by atoms with van der Waals surface area (Å²) < 4.78 is 330. The summed E-state index contributed by atoms with van der Waals surface area (Å²) in [4.78, 5) is 12.5. The lowest BCUT2D eigenvalue weighted by molar-refractivity contribution is -0.477. The van der Waals surface area contributed by atoms with Gasteiger partial charge in [0.1, 0.15) is 11.5 Å². The molecule has 0 heterocycles. The van der Waals surface area contributed by atoms with Crippen molar-refractivity contribution in [2.45, 2.75) is 85.2 Å². The lowest BCUT2D eigenvalue weighted by atomic mass is 9.85. The van der Waals surface area contributed by atoms with Crippen LogP contribution in [0.2, 0.25) is 0 Å². The molecule has 61 heavy (non-hydrogen) atoms. The number of hydrogen-bond acceptors (Lipinski definition) is 3. The second-order valence-corrected chi connectivity index (χ2v) is 12.4. The van der Waals surface area contributed by atoms with E-state index in [0.717, 1.165) is 18.2 Å². The van der Waals surface area contributed by atoms with Crippen LogP contribution < -0.4 is 9.47 Å². The number of hydrogen-bond donors (Lipinski definition) is 0. The minimum Gasteiger partial charge on any atom is -0.493 e. The number of rotatable bonds is 17. The van der Waals surface area contributed by atoms with Gasteiger partial charge in [0.25, 0.3) is 0 Å². The maximum atomic E-state index is 15.0. The zero-order chi connectivity index (χ0) is 46.6. The van der Waals surface area contributed by atoms with Crippen molar-refractivity contribution < 1.29 is 115 Å². The van der Waals surface area contributed by atoms with Gasteiger partial charge in [0.15, 0.2) is 0 Å². The predicted octanol–water partition coefficient (Wildman–Crippen LogP) is 12.2. The van der Waals surface area contributed by atoms with Crippen LogP contribution in [0.4, 0.5) is 101 Å². The normalized spacial score (nSPS) is 14.4. The zero-order valence-corrected chi connectivity index (χ0v) is 30.7. The summed E-state index contributed by atoms with van der Waals surface area (Å²) >= 11 is 0. The first-order valence-corrected chi connectivity index (χ1v) is 15.9. The molecule has 0 atom stereocenters. The van der Waals surface area contributed by atoms with Crippen molar-refractivity contribution in [2.75, 3.05) is 6.61 Å². The summed E-state index contributed by atoms with van der Waals surface area (Å²) in [6.45, 7) is 1.63. The molecule has 3 aromatic rings. The van der Waals surface area contributed by atoms with E-state index in [1.807, 2.05) is 0 Å². The van der Waals surface area contributed by atoms with E-state index in [0.29, 0.717) is 18.9 Å². The standard InChI is InChI=1S/C34H21F23O3.H2S/c1-2-3-16-59-19-14-15-20(22(18-12-8-5-9-13-18)21(19)17-10-6-4-7-11-17)60-23(58)24(35,36)25(37,38)26(39,40)27(41,42)28(43,44)29(45,46)30(47,48)31(49,50)32(51,52)33(53,54)34(55,56)57;/h4-15H,2-3,16H2,1H3;1H2/p+1. The van der Waals surface area contributed by atoms with Crippen molar-refractivity contribution in [3.8, 4) is 33.8 Å². The molecule has 0 saturated carbocycles. The molecule has 27 heteroatoms. The molecule has 3 rings (SSSR count). The molecular formula is C34H24F23O3S+. The summed E-state index contributed by atoms with van der Waals surface area (Å²) in [5, 5.41) is 0. The molecule has 3 nitrogen and oxygen atoms in total. The fourth-order valence-electron chi connectivity index (χ4n) is 4.93. The molecule has 0 aliphatic heterocycles. The molecule has 0 spiro atoms. The van der Waals surface area contributed by atoms with E-state index in [2.05, 4.69) is 4.74 Å². The summed E-state index contributed by atoms with van der Waals surface area (Å²) in [6, 6.07) is 14.0. The van der Waals surface area contributed by atoms with Gasteiger partial charge in [-0.15, -0.1) is 0 Å². The first-order valence-electron chi connectivity index (χ1n) is 15.9. The Kier molecular flexibility index (Phi) is 14.5. The molecular weight excluding hydrogens is 925 g/mol. The molecule has 0 bridgehead atoms. The van der Waals surface area contributed by atoms with Gasteiger partial charge >= 0.3 is 71.4 Å². The average molecular weight is 950 g/mol. The van der Waals surface area contributed by atoms with Gasteiger partial charge in [0, 0.05) is 11.1 Å². The summed E-state index contributed by atoms with van der Waals surface area (Å²) in [5.41, 5.74) is -1.00. The highest BCUT2D eigenvalue weighted by Gasteiger charge is 2.99. The van der Waals surface area contributed by atoms with Crippen LogP contribution in [0.25, 0.3) is 22.3 Å². The van der Waals surface area contributed by atoms with E-state index < -0.39 is 82.7 Å². The number of carbonyl (C=O) groups excluding carboxylic acids is 1. The Balaban J connectivity index is 0.0000128. The maximum absolute atomic E-state index is 15.0. The van der Waals surface area contributed by atoms with E-state index in [4.69, 9.17) is 4.74 Å². The Morgan fingerprint density at radius 1 is 0.443 bits per heavy atom. The highest BCUT2D eigenvalue weighted by atomic mass is 32.1. The third-order valence-electron chi connectivity index (χ3n) is 8.37. The molecule has 0 fully saturated rings. The number of unbranched alkanes of at least 4 members (excludes halogenated alkanes) is 1. The van der Waals surface area contributed by atoms with Crippen LogP contribution >= 0.6 is 0 Å². The first-order chi connectivity index (χ1) is 26.9. The molecule has 0 saturated heterocycles. The van der Waals surface area contributed by atoms with Crippen LogP contribution in [0.15, 0.2) is 72.8 Å². The molecule has 0 N–H and O–H groups in total. The predicted molar refractivity (Wildman–Crippen MR) is 170 cm³/mol. The van der Waals surface area contributed by atoms with Crippen LogP contribution in [0, 0.1) is 0 Å². The molecule has 0 radical (unpaired) electrons. The molecule has 344 valence electrons.